The van der Waals surface area contributed by atoms with Crippen LogP contribution in [0, 0.1) is 0 Å². The van der Waals surface area contributed by atoms with Gasteiger partial charge in [-0.15, -0.1) is 0 Å². The first kappa shape index (κ1) is 57.7. The van der Waals surface area contributed by atoms with Crippen LogP contribution in [0.4, 0.5) is 0 Å². The van der Waals surface area contributed by atoms with Gasteiger partial charge in [-0.1, -0.05) is 149 Å². The number of hydrogen-bond acceptors (Lipinski definition) is 1. The molecule has 16 aromatic rings. The minimum atomic E-state index is -0.0295. The van der Waals surface area contributed by atoms with Crippen LogP contribution in [0.25, 0.3) is 130 Å². The maximum atomic E-state index is 5.77. The standard InChI is InChI=1S/C60H52N4.2C6H5Cl.C5H5N.Zn/c1-57(2,3)29-13-17-33-37(25-29)49-50-38-26-30(58(4,5)6)14-18-34(38)46-42-23-24-44(62-42)48-36-20-16-32(60(10,11)12)28-40(36)52-51-39-27-31(59(7,8)9)15-19-35(39)47(55(51)64-56(48)52)43-22-21-41(61-43)45(33)53(49)63-54(46)50;2*7-6-4-2-1-3-5-6;1-2-4-6-5-3-1;/h13-28H,1-12H3;2*1-5H;1-5H;. The summed E-state index contributed by atoms with van der Waals surface area (Å²) in [6, 6.07) is 61.8. The molecule has 6 aromatic heterocycles. The van der Waals surface area contributed by atoms with Gasteiger partial charge in [0.1, 0.15) is 21.5 Å². The van der Waals surface area contributed by atoms with Crippen LogP contribution >= 0.6 is 23.2 Å². The van der Waals surface area contributed by atoms with E-state index in [2.05, 4.69) is 185 Å². The Kier molecular flexibility index (Phi) is 14.5. The summed E-state index contributed by atoms with van der Waals surface area (Å²) in [4.78, 5) is 26.7. The maximum Gasteiger partial charge on any atom is 0.103 e. The Morgan fingerprint density at radius 1 is 0.306 bits per heavy atom. The van der Waals surface area contributed by atoms with Gasteiger partial charge in [-0.2, -0.15) is 0 Å². The first-order valence-corrected chi connectivity index (χ1v) is 29.9. The molecule has 0 aliphatic heterocycles. The van der Waals surface area contributed by atoms with E-state index in [0.29, 0.717) is 0 Å². The van der Waals surface area contributed by atoms with Gasteiger partial charge >= 0.3 is 0 Å². The van der Waals surface area contributed by atoms with Gasteiger partial charge < -0.3 is 19.9 Å². The molecule has 8 bridgehead atoms. The number of nitrogens with zero attached hydrogens (tertiary/aromatic N) is 5. The van der Waals surface area contributed by atoms with Crippen molar-refractivity contribution in [3.05, 3.63) is 221 Å². The number of fused-ring (bicyclic) bond motifs is 22. The zero-order valence-corrected chi connectivity index (χ0v) is 55.1. The van der Waals surface area contributed by atoms with Crippen molar-refractivity contribution in [1.29, 1.82) is 0 Å². The third kappa shape index (κ3) is 10.1. The van der Waals surface area contributed by atoms with Crippen LogP contribution in [-0.2, 0) is 41.1 Å². The summed E-state index contributed by atoms with van der Waals surface area (Å²) in [5.41, 5.74) is 12.9. The molecule has 0 fully saturated rings. The van der Waals surface area contributed by atoms with Gasteiger partial charge in [-0.3, -0.25) is 4.98 Å². The molecule has 0 unspecified atom stereocenters. The molecule has 416 valence electrons. The number of rotatable bonds is 0. The third-order valence-electron chi connectivity index (χ3n) is 16.9. The van der Waals surface area contributed by atoms with E-state index >= 15 is 0 Å². The Morgan fingerprint density at radius 3 is 0.741 bits per heavy atom. The Balaban J connectivity index is 0.000000286. The van der Waals surface area contributed by atoms with Crippen molar-refractivity contribution in [2.75, 3.05) is 0 Å². The van der Waals surface area contributed by atoms with E-state index in [4.69, 9.17) is 43.1 Å². The zero-order chi connectivity index (χ0) is 58.8. The predicted octanol–water partition coefficient (Wildman–Crippen LogP) is 21.7. The molecule has 16 rings (SSSR count). The average Bonchev–Trinajstić information content (AvgIpc) is 1.57. The van der Waals surface area contributed by atoms with E-state index in [1.54, 1.807) is 12.4 Å². The van der Waals surface area contributed by atoms with E-state index < -0.39 is 0 Å². The second kappa shape index (κ2) is 21.4. The summed E-state index contributed by atoms with van der Waals surface area (Å²) in [5.74, 6) is 0. The topological polar surface area (TPSA) is 69.3 Å². The Bertz CT molecular complexity index is 4570. The largest absolute Gasteiger partial charge is 0.628 e. The van der Waals surface area contributed by atoms with Crippen LogP contribution in [0.2, 0.25) is 10.0 Å². The van der Waals surface area contributed by atoms with Crippen molar-refractivity contribution in [3.8, 4) is 0 Å². The van der Waals surface area contributed by atoms with E-state index in [-0.39, 0.29) is 41.1 Å². The molecule has 0 aliphatic carbocycles. The normalized spacial score (nSPS) is 12.5. The Hall–Kier alpha value is -7.73. The number of hydrogen-bond donors (Lipinski definition) is 0. The first-order valence-electron chi connectivity index (χ1n) is 29.1. The molecular formula is C77H67Cl2N5Zn. The number of aromatic nitrogens is 5. The molecule has 0 aliphatic rings. The van der Waals surface area contributed by atoms with Gasteiger partial charge in [0.2, 0.25) is 0 Å². The smallest absolute Gasteiger partial charge is 0.103 e. The molecule has 0 atom stereocenters. The van der Waals surface area contributed by atoms with Gasteiger partial charge in [-0.05, 0) is 173 Å². The van der Waals surface area contributed by atoms with Crippen molar-refractivity contribution in [1.82, 2.24) is 24.9 Å². The van der Waals surface area contributed by atoms with Crippen LogP contribution in [0.5, 0.6) is 0 Å². The second-order valence-electron chi connectivity index (χ2n) is 26.7. The fraction of sp³-hybridized carbons (Fsp3) is 0.208. The summed E-state index contributed by atoms with van der Waals surface area (Å²) in [6.07, 6.45) is 3.50. The van der Waals surface area contributed by atoms with Crippen LogP contribution < -0.4 is 19.9 Å². The fourth-order valence-electron chi connectivity index (χ4n) is 12.4. The summed E-state index contributed by atoms with van der Waals surface area (Å²) in [6.45, 7) is 27.7. The predicted molar refractivity (Wildman–Crippen MR) is 363 cm³/mol. The van der Waals surface area contributed by atoms with Crippen molar-refractivity contribution in [2.45, 2.75) is 105 Å². The molecule has 8 heteroatoms. The van der Waals surface area contributed by atoms with Crippen LogP contribution in [-0.4, -0.2) is 4.98 Å². The van der Waals surface area contributed by atoms with Crippen LogP contribution in [0.3, 0.4) is 0 Å². The van der Waals surface area contributed by atoms with Crippen LogP contribution in [0.1, 0.15) is 105 Å². The molecule has 0 saturated carbocycles. The van der Waals surface area contributed by atoms with E-state index in [1.807, 2.05) is 78.9 Å². The Morgan fingerprint density at radius 2 is 0.553 bits per heavy atom. The molecule has 85 heavy (non-hydrogen) atoms. The van der Waals surface area contributed by atoms with E-state index in [0.717, 1.165) is 75.7 Å². The SMILES string of the molecule is CC(C)(C)c1ccc2c(c1)c1c3c4cc(C(C)(C)C)ccc4[c+]4c5ccc([n-]5)[c+]5c6ccc(C(C)(C)C)cc6c6c7c8cc(C(C)(C)C)ccc8[c+](c8ccc([n-]8)[c+]2c1[n-]c34)c7[n-]c65.Clc1ccccc1.Clc1ccccc1.[Zn].c1ccncc1. The van der Waals surface area contributed by atoms with Gasteiger partial charge in [0.25, 0.3) is 0 Å². The van der Waals surface area contributed by atoms with E-state index in [1.165, 1.54) is 86.9 Å². The molecule has 6 heterocycles. The number of pyridine rings is 1. The summed E-state index contributed by atoms with van der Waals surface area (Å²) in [7, 11) is 0. The minimum Gasteiger partial charge on any atom is -0.628 e. The summed E-state index contributed by atoms with van der Waals surface area (Å²) < 4.78 is 0. The van der Waals surface area contributed by atoms with Crippen LogP contribution in [0.15, 0.2) is 188 Å². The first-order chi connectivity index (χ1) is 40.0. The van der Waals surface area contributed by atoms with Gasteiger partial charge in [-0.25, -0.2) is 0 Å². The Labute approximate surface area is 519 Å². The minimum absolute atomic E-state index is 0. The quantitative estimate of drug-likeness (QED) is 0.112. The van der Waals surface area contributed by atoms with Gasteiger partial charge in [0, 0.05) is 112 Å². The molecule has 0 N–H and O–H groups in total. The van der Waals surface area contributed by atoms with Crippen molar-refractivity contribution < 1.29 is 19.5 Å². The number of halogens is 2. The molecule has 5 nitrogen and oxygen atoms in total. The van der Waals surface area contributed by atoms with Gasteiger partial charge in [0.05, 0.1) is 43.1 Å². The summed E-state index contributed by atoms with van der Waals surface area (Å²) in [5, 5.41) is 20.6. The molecule has 10 aromatic carbocycles. The second-order valence-corrected chi connectivity index (χ2v) is 27.6. The number of benzene rings is 6. The fourth-order valence-corrected chi connectivity index (χ4v) is 12.7. The molecule has 0 spiro atoms. The molecule has 0 saturated heterocycles. The maximum absolute atomic E-state index is 5.77. The monoisotopic (exact) mass is 1200 g/mol. The molecule has 0 amide bonds. The average molecular weight is 1200 g/mol. The molecular weight excluding hydrogens is 1130 g/mol. The van der Waals surface area contributed by atoms with Crippen molar-refractivity contribution in [2.24, 2.45) is 0 Å². The summed E-state index contributed by atoms with van der Waals surface area (Å²) >= 11 is 11.1. The van der Waals surface area contributed by atoms with Crippen molar-refractivity contribution in [3.63, 3.8) is 0 Å². The third-order valence-corrected chi connectivity index (χ3v) is 17.4. The van der Waals surface area contributed by atoms with E-state index in [9.17, 15) is 0 Å². The zero-order valence-electron chi connectivity index (χ0n) is 50.6. The van der Waals surface area contributed by atoms with Gasteiger partial charge in [0.15, 0.2) is 0 Å². The van der Waals surface area contributed by atoms with Crippen molar-refractivity contribution >= 4 is 154 Å². The molecule has 0 radical (unpaired) electrons.